The molecule has 9 heteroatoms. The zero-order valence-corrected chi connectivity index (χ0v) is 9.98. The summed E-state index contributed by atoms with van der Waals surface area (Å²) in [5.74, 6) is 0. The average Bonchev–Trinajstić information content (AvgIpc) is 2.35. The molecule has 1 aliphatic rings. The van der Waals surface area contributed by atoms with Crippen molar-refractivity contribution in [2.75, 3.05) is 6.54 Å². The first-order chi connectivity index (χ1) is 9.20. The molecular formula is C11H9F3N2O4. The molecule has 0 atom stereocenters. The molecule has 0 aliphatic carbocycles. The monoisotopic (exact) mass is 290 g/mol. The lowest BCUT2D eigenvalue weighted by Crippen LogP contribution is -2.35. The van der Waals surface area contributed by atoms with Gasteiger partial charge in [-0.3, -0.25) is 10.1 Å². The number of nitro benzene ring substituents is 1. The first-order valence-corrected chi connectivity index (χ1v) is 5.55. The normalized spacial score (nSPS) is 14.8. The molecule has 0 saturated carbocycles. The summed E-state index contributed by atoms with van der Waals surface area (Å²) in [6, 6.07) is 1.56. The van der Waals surface area contributed by atoms with E-state index in [0.29, 0.717) is 5.56 Å². The van der Waals surface area contributed by atoms with Crippen LogP contribution in [0.4, 0.5) is 23.7 Å². The van der Waals surface area contributed by atoms with Crippen LogP contribution < -0.4 is 0 Å². The summed E-state index contributed by atoms with van der Waals surface area (Å²) >= 11 is 0. The first-order valence-electron chi connectivity index (χ1n) is 5.55. The Morgan fingerprint density at radius 2 is 2.00 bits per heavy atom. The zero-order chi connectivity index (χ0) is 15.1. The number of amides is 1. The highest BCUT2D eigenvalue weighted by Gasteiger charge is 2.39. The molecule has 1 aromatic carbocycles. The van der Waals surface area contributed by atoms with E-state index < -0.39 is 28.4 Å². The summed E-state index contributed by atoms with van der Waals surface area (Å²) in [5, 5.41) is 19.6. The van der Waals surface area contributed by atoms with Gasteiger partial charge in [-0.15, -0.1) is 0 Å². The summed E-state index contributed by atoms with van der Waals surface area (Å²) in [6.45, 7) is -0.0823. The molecule has 0 saturated heterocycles. The van der Waals surface area contributed by atoms with Crippen molar-refractivity contribution in [1.29, 1.82) is 0 Å². The van der Waals surface area contributed by atoms with E-state index in [0.717, 1.165) is 17.0 Å². The molecule has 1 aromatic rings. The number of hydrogen-bond donors (Lipinski definition) is 1. The second-order valence-corrected chi connectivity index (χ2v) is 4.35. The number of nitro groups is 1. The Bertz CT molecular complexity index is 586. The van der Waals surface area contributed by atoms with Gasteiger partial charge in [0.05, 0.1) is 4.92 Å². The van der Waals surface area contributed by atoms with Crippen molar-refractivity contribution in [2.45, 2.75) is 19.1 Å². The molecule has 0 radical (unpaired) electrons. The lowest BCUT2D eigenvalue weighted by Gasteiger charge is -2.26. The predicted octanol–water partition coefficient (Wildman–Crippen LogP) is 2.65. The molecule has 20 heavy (non-hydrogen) atoms. The van der Waals surface area contributed by atoms with Crippen LogP contribution in [0.25, 0.3) is 0 Å². The number of nitrogens with zero attached hydrogens (tertiary/aromatic N) is 2. The molecule has 108 valence electrons. The Hall–Kier alpha value is -2.32. The van der Waals surface area contributed by atoms with Gasteiger partial charge < -0.3 is 10.0 Å². The molecule has 1 amide bonds. The molecule has 2 rings (SSSR count). The number of rotatable bonds is 1. The van der Waals surface area contributed by atoms with Crippen LogP contribution in [0, 0.1) is 10.1 Å². The van der Waals surface area contributed by atoms with Crippen molar-refractivity contribution in [3.8, 4) is 0 Å². The summed E-state index contributed by atoms with van der Waals surface area (Å²) < 4.78 is 38.3. The molecule has 1 N–H and O–H groups in total. The van der Waals surface area contributed by atoms with Gasteiger partial charge in [0.2, 0.25) is 0 Å². The van der Waals surface area contributed by atoms with E-state index in [1.807, 2.05) is 0 Å². The van der Waals surface area contributed by atoms with Gasteiger partial charge in [0.15, 0.2) is 0 Å². The quantitative estimate of drug-likeness (QED) is 0.636. The van der Waals surface area contributed by atoms with Crippen molar-refractivity contribution in [1.82, 2.24) is 4.90 Å². The van der Waals surface area contributed by atoms with E-state index in [1.165, 1.54) is 0 Å². The highest BCUT2D eigenvalue weighted by atomic mass is 19.4. The number of carboxylic acid groups (broad SMARTS) is 1. The van der Waals surface area contributed by atoms with Crippen LogP contribution in [0.5, 0.6) is 0 Å². The van der Waals surface area contributed by atoms with Gasteiger partial charge in [0, 0.05) is 19.2 Å². The third kappa shape index (κ3) is 2.51. The molecule has 6 nitrogen and oxygen atoms in total. The van der Waals surface area contributed by atoms with E-state index >= 15 is 0 Å². The summed E-state index contributed by atoms with van der Waals surface area (Å²) in [5.41, 5.74) is -1.83. The third-order valence-corrected chi connectivity index (χ3v) is 3.10. The Kier molecular flexibility index (Phi) is 3.28. The number of fused-ring (bicyclic) bond motifs is 1. The number of halogens is 3. The van der Waals surface area contributed by atoms with Crippen LogP contribution in [0.1, 0.15) is 16.7 Å². The second kappa shape index (κ2) is 4.66. The summed E-state index contributed by atoms with van der Waals surface area (Å²) in [6.07, 6.45) is -5.93. The highest BCUT2D eigenvalue weighted by molar-refractivity contribution is 5.66. The van der Waals surface area contributed by atoms with Crippen LogP contribution in [-0.2, 0) is 19.1 Å². The predicted molar refractivity (Wildman–Crippen MR) is 60.2 cm³/mol. The summed E-state index contributed by atoms with van der Waals surface area (Å²) in [7, 11) is 0. The zero-order valence-electron chi connectivity index (χ0n) is 9.98. The molecule has 0 aromatic heterocycles. The third-order valence-electron chi connectivity index (χ3n) is 3.10. The Labute approximate surface area is 110 Å². The van der Waals surface area contributed by atoms with Gasteiger partial charge >= 0.3 is 12.3 Å². The lowest BCUT2D eigenvalue weighted by atomic mass is 9.96. The maximum atomic E-state index is 12.8. The number of alkyl halides is 3. The maximum absolute atomic E-state index is 12.8. The van der Waals surface area contributed by atoms with Gasteiger partial charge in [0.25, 0.3) is 5.69 Å². The van der Waals surface area contributed by atoms with Crippen LogP contribution in [0.15, 0.2) is 12.1 Å². The smallest absolute Gasteiger partial charge is 0.423 e. The standard InChI is InChI=1S/C11H9F3N2O4/c12-11(13,14)8-3-6-1-2-15(10(17)18)5-7(6)4-9(8)16(19)20/h3-4H,1-2,5H2,(H,17,18). The lowest BCUT2D eigenvalue weighted by molar-refractivity contribution is -0.388. The van der Waals surface area contributed by atoms with Crippen LogP contribution in [0.2, 0.25) is 0 Å². The fourth-order valence-corrected chi connectivity index (χ4v) is 2.14. The fourth-order valence-electron chi connectivity index (χ4n) is 2.14. The van der Waals surface area contributed by atoms with Crippen molar-refractivity contribution in [2.24, 2.45) is 0 Å². The van der Waals surface area contributed by atoms with Crippen LogP contribution in [0.3, 0.4) is 0 Å². The Morgan fingerprint density at radius 3 is 2.50 bits per heavy atom. The number of hydrogen-bond acceptors (Lipinski definition) is 3. The molecule has 0 spiro atoms. The fraction of sp³-hybridized carbons (Fsp3) is 0.364. The van der Waals surface area contributed by atoms with Gasteiger partial charge in [-0.2, -0.15) is 13.2 Å². The molecule has 1 heterocycles. The largest absolute Gasteiger partial charge is 0.465 e. The Morgan fingerprint density at radius 1 is 1.35 bits per heavy atom. The SMILES string of the molecule is O=C(O)N1CCc2cc(C(F)(F)F)c([N+](=O)[O-])cc2C1. The van der Waals surface area contributed by atoms with Crippen molar-refractivity contribution in [3.63, 3.8) is 0 Å². The molecule has 0 fully saturated rings. The van der Waals surface area contributed by atoms with Crippen molar-refractivity contribution >= 4 is 11.8 Å². The maximum Gasteiger partial charge on any atom is 0.423 e. The minimum atomic E-state index is -4.82. The van der Waals surface area contributed by atoms with Crippen LogP contribution >= 0.6 is 0 Å². The van der Waals surface area contributed by atoms with E-state index in [-0.39, 0.29) is 25.1 Å². The van der Waals surface area contributed by atoms with Gasteiger partial charge in [0.1, 0.15) is 5.56 Å². The van der Waals surface area contributed by atoms with E-state index in [9.17, 15) is 28.1 Å². The molecule has 1 aliphatic heterocycles. The van der Waals surface area contributed by atoms with Crippen LogP contribution in [-0.4, -0.2) is 27.6 Å². The first kappa shape index (κ1) is 14.1. The minimum absolute atomic E-state index is 0.0669. The molecule has 0 bridgehead atoms. The van der Waals surface area contributed by atoms with Crippen molar-refractivity contribution in [3.05, 3.63) is 38.9 Å². The topological polar surface area (TPSA) is 83.7 Å². The van der Waals surface area contributed by atoms with E-state index in [1.54, 1.807) is 0 Å². The molecule has 0 unspecified atom stereocenters. The minimum Gasteiger partial charge on any atom is -0.465 e. The van der Waals surface area contributed by atoms with Crippen molar-refractivity contribution < 1.29 is 28.0 Å². The van der Waals surface area contributed by atoms with Gasteiger partial charge in [-0.05, 0) is 23.6 Å². The highest BCUT2D eigenvalue weighted by Crippen LogP contribution is 2.38. The summed E-state index contributed by atoms with van der Waals surface area (Å²) in [4.78, 5) is 21.5. The second-order valence-electron chi connectivity index (χ2n) is 4.35. The van der Waals surface area contributed by atoms with Gasteiger partial charge in [-0.25, -0.2) is 4.79 Å². The molecular weight excluding hydrogens is 281 g/mol. The Balaban J connectivity index is 2.52. The van der Waals surface area contributed by atoms with E-state index in [4.69, 9.17) is 5.11 Å². The van der Waals surface area contributed by atoms with E-state index in [2.05, 4.69) is 0 Å². The average molecular weight is 290 g/mol. The number of benzene rings is 1. The number of carbonyl (C=O) groups is 1. The van der Waals surface area contributed by atoms with Gasteiger partial charge in [-0.1, -0.05) is 0 Å².